The topological polar surface area (TPSA) is 108 Å². The fourth-order valence-corrected chi connectivity index (χ4v) is 3.24. The molecule has 2 atom stereocenters. The van der Waals surface area contributed by atoms with Gasteiger partial charge in [-0.1, -0.05) is 6.92 Å². The van der Waals surface area contributed by atoms with Gasteiger partial charge >= 0.3 is 0 Å². The molecule has 0 aromatic carbocycles. The molecule has 132 valence electrons. The molecule has 23 heavy (non-hydrogen) atoms. The van der Waals surface area contributed by atoms with E-state index in [-0.39, 0.29) is 6.54 Å². The average Bonchev–Trinajstić information content (AvgIpc) is 2.88. The van der Waals surface area contributed by atoms with Crippen molar-refractivity contribution in [3.05, 3.63) is 18.0 Å². The maximum atomic E-state index is 11.2. The molecule has 0 aliphatic carbocycles. The first-order chi connectivity index (χ1) is 10.7. The summed E-state index contributed by atoms with van der Waals surface area (Å²) >= 11 is 0. The van der Waals surface area contributed by atoms with Gasteiger partial charge in [0.1, 0.15) is 5.60 Å². The van der Waals surface area contributed by atoms with E-state index in [1.165, 1.54) is 0 Å². The number of hydrogen-bond acceptors (Lipinski definition) is 6. The molecule has 0 bridgehead atoms. The third-order valence-corrected chi connectivity index (χ3v) is 4.77. The average molecular weight is 346 g/mol. The van der Waals surface area contributed by atoms with E-state index in [4.69, 9.17) is 0 Å². The zero-order valence-corrected chi connectivity index (χ0v) is 14.5. The van der Waals surface area contributed by atoms with E-state index in [1.54, 1.807) is 0 Å². The Bertz CT molecular complexity index is 618. The summed E-state index contributed by atoms with van der Waals surface area (Å²) in [5, 5.41) is 24.9. The zero-order chi connectivity index (χ0) is 17.1. The molecule has 1 aromatic rings. The second-order valence-corrected chi connectivity index (χ2v) is 8.14. The smallest absolute Gasteiger partial charge is 0.208 e. The Kier molecular flexibility index (Phi) is 5.79. The number of aromatic nitrogens is 2. The molecule has 0 radical (unpaired) electrons. The van der Waals surface area contributed by atoms with Gasteiger partial charge in [0.15, 0.2) is 0 Å². The van der Waals surface area contributed by atoms with Crippen LogP contribution in [0.2, 0.25) is 0 Å². The molecule has 1 aromatic heterocycles. The van der Waals surface area contributed by atoms with Gasteiger partial charge in [0, 0.05) is 44.5 Å². The summed E-state index contributed by atoms with van der Waals surface area (Å²) in [6.45, 7) is 4.32. The van der Waals surface area contributed by atoms with Gasteiger partial charge in [-0.25, -0.2) is 13.1 Å². The van der Waals surface area contributed by atoms with Crippen LogP contribution >= 0.6 is 0 Å². The molecule has 1 aliphatic rings. The Balaban J connectivity index is 1.89. The van der Waals surface area contributed by atoms with Crippen molar-refractivity contribution in [2.24, 2.45) is 0 Å². The molecule has 0 unspecified atom stereocenters. The lowest BCUT2D eigenvalue weighted by molar-refractivity contribution is -0.115. The van der Waals surface area contributed by atoms with Gasteiger partial charge in [-0.15, -0.1) is 0 Å². The van der Waals surface area contributed by atoms with Crippen LogP contribution < -0.4 is 4.72 Å². The van der Waals surface area contributed by atoms with E-state index in [0.717, 1.165) is 24.8 Å². The number of piperidine rings is 1. The van der Waals surface area contributed by atoms with Crippen molar-refractivity contribution in [1.82, 2.24) is 19.4 Å². The number of nitrogens with one attached hydrogen (secondary N) is 1. The van der Waals surface area contributed by atoms with Crippen LogP contribution in [0, 0.1) is 0 Å². The van der Waals surface area contributed by atoms with Gasteiger partial charge in [0.2, 0.25) is 10.0 Å². The van der Waals surface area contributed by atoms with E-state index in [1.807, 2.05) is 22.0 Å². The molecule has 0 saturated carbocycles. The molecular weight excluding hydrogens is 320 g/mol. The Morgan fingerprint density at radius 2 is 2.26 bits per heavy atom. The van der Waals surface area contributed by atoms with Gasteiger partial charge < -0.3 is 10.2 Å². The van der Waals surface area contributed by atoms with E-state index in [2.05, 4.69) is 16.7 Å². The summed E-state index contributed by atoms with van der Waals surface area (Å²) in [7, 11) is -3.40. The molecule has 9 heteroatoms. The number of β-amino-alcohol motifs (C(OH)–C–C–N with tert-alkyl or cyclic N) is 1. The Morgan fingerprint density at radius 1 is 1.52 bits per heavy atom. The molecule has 2 heterocycles. The van der Waals surface area contributed by atoms with E-state index >= 15 is 0 Å². The normalized spacial score (nSPS) is 26.5. The van der Waals surface area contributed by atoms with Crippen LogP contribution in [0.15, 0.2) is 12.4 Å². The van der Waals surface area contributed by atoms with Crippen molar-refractivity contribution < 1.29 is 18.6 Å². The van der Waals surface area contributed by atoms with Crippen LogP contribution in [-0.2, 0) is 23.1 Å². The highest BCUT2D eigenvalue weighted by Crippen LogP contribution is 2.23. The highest BCUT2D eigenvalue weighted by atomic mass is 32.2. The first kappa shape index (κ1) is 18.3. The SMILES string of the molecule is CCCn1cc(CN2CC[C@@](O)(CNS(C)(=O)=O)[C@H](O)C2)cn1. The number of rotatable bonds is 7. The number of aliphatic hydroxyl groups is 2. The van der Waals surface area contributed by atoms with Crippen molar-refractivity contribution in [3.8, 4) is 0 Å². The maximum Gasteiger partial charge on any atom is 0.208 e. The monoisotopic (exact) mass is 346 g/mol. The van der Waals surface area contributed by atoms with Crippen LogP contribution in [0.5, 0.6) is 0 Å². The summed E-state index contributed by atoms with van der Waals surface area (Å²) in [6, 6.07) is 0. The van der Waals surface area contributed by atoms with Crippen molar-refractivity contribution >= 4 is 10.0 Å². The summed E-state index contributed by atoms with van der Waals surface area (Å²) < 4.78 is 26.5. The predicted molar refractivity (Wildman–Crippen MR) is 86.2 cm³/mol. The molecular formula is C14H26N4O4S. The second-order valence-electron chi connectivity index (χ2n) is 6.31. The van der Waals surface area contributed by atoms with Gasteiger partial charge in [-0.3, -0.25) is 9.58 Å². The molecule has 1 aliphatic heterocycles. The number of aliphatic hydroxyl groups excluding tert-OH is 1. The molecule has 8 nitrogen and oxygen atoms in total. The molecule has 0 amide bonds. The van der Waals surface area contributed by atoms with Crippen LogP contribution in [0.4, 0.5) is 0 Å². The Labute approximate surface area is 137 Å². The lowest BCUT2D eigenvalue weighted by atomic mass is 9.88. The van der Waals surface area contributed by atoms with E-state index in [9.17, 15) is 18.6 Å². The summed E-state index contributed by atoms with van der Waals surface area (Å²) in [5.41, 5.74) is -0.364. The first-order valence-electron chi connectivity index (χ1n) is 7.80. The molecule has 1 fully saturated rings. The lowest BCUT2D eigenvalue weighted by Gasteiger charge is -2.42. The van der Waals surface area contributed by atoms with Crippen molar-refractivity contribution in [2.45, 2.75) is 44.6 Å². The van der Waals surface area contributed by atoms with Gasteiger partial charge in [0.05, 0.1) is 18.6 Å². The number of sulfonamides is 1. The van der Waals surface area contributed by atoms with Crippen LogP contribution in [0.25, 0.3) is 0 Å². The Hall–Kier alpha value is -1.00. The largest absolute Gasteiger partial charge is 0.389 e. The number of hydrogen-bond donors (Lipinski definition) is 3. The summed E-state index contributed by atoms with van der Waals surface area (Å²) in [6.07, 6.45) is 5.15. The van der Waals surface area contributed by atoms with E-state index < -0.39 is 21.7 Å². The van der Waals surface area contributed by atoms with Crippen LogP contribution in [0.3, 0.4) is 0 Å². The minimum absolute atomic E-state index is 0.171. The number of nitrogens with zero attached hydrogens (tertiary/aromatic N) is 3. The molecule has 3 N–H and O–H groups in total. The van der Waals surface area contributed by atoms with E-state index in [0.29, 0.717) is 26.1 Å². The zero-order valence-electron chi connectivity index (χ0n) is 13.6. The highest BCUT2D eigenvalue weighted by molar-refractivity contribution is 7.88. The second kappa shape index (κ2) is 7.27. The number of aryl methyl sites for hydroxylation is 1. The minimum Gasteiger partial charge on any atom is -0.389 e. The summed E-state index contributed by atoms with van der Waals surface area (Å²) in [4.78, 5) is 2.03. The quantitative estimate of drug-likeness (QED) is 0.593. The fourth-order valence-electron chi connectivity index (χ4n) is 2.73. The lowest BCUT2D eigenvalue weighted by Crippen LogP contribution is -2.59. The molecule has 2 rings (SSSR count). The fraction of sp³-hybridized carbons (Fsp3) is 0.786. The van der Waals surface area contributed by atoms with Crippen molar-refractivity contribution in [1.29, 1.82) is 0 Å². The van der Waals surface area contributed by atoms with Gasteiger partial charge in [-0.2, -0.15) is 5.10 Å². The van der Waals surface area contributed by atoms with Gasteiger partial charge in [-0.05, 0) is 12.8 Å². The predicted octanol–water partition coefficient (Wildman–Crippen LogP) is -0.860. The standard InChI is InChI=1S/C14H26N4O4S/c1-3-5-18-9-12(7-15-18)8-17-6-4-14(20,13(19)10-17)11-16-23(2,21)22/h7,9,13,16,19-20H,3-6,8,10-11H2,1-2H3/t13-,14-/m1/s1. The van der Waals surface area contributed by atoms with Crippen molar-refractivity contribution in [3.63, 3.8) is 0 Å². The Morgan fingerprint density at radius 3 is 2.87 bits per heavy atom. The maximum absolute atomic E-state index is 11.2. The molecule has 1 saturated heterocycles. The summed E-state index contributed by atoms with van der Waals surface area (Å²) in [5.74, 6) is 0. The van der Waals surface area contributed by atoms with Gasteiger partial charge in [0.25, 0.3) is 0 Å². The minimum atomic E-state index is -3.40. The third kappa shape index (κ3) is 5.25. The third-order valence-electron chi connectivity index (χ3n) is 4.10. The highest BCUT2D eigenvalue weighted by Gasteiger charge is 2.40. The van der Waals surface area contributed by atoms with Crippen molar-refractivity contribution in [2.75, 3.05) is 25.9 Å². The molecule has 0 spiro atoms. The van der Waals surface area contributed by atoms with Crippen LogP contribution in [0.1, 0.15) is 25.3 Å². The van der Waals surface area contributed by atoms with Crippen LogP contribution in [-0.4, -0.2) is 70.9 Å². The number of likely N-dealkylation sites (tertiary alicyclic amines) is 1. The first-order valence-corrected chi connectivity index (χ1v) is 9.70.